The van der Waals surface area contributed by atoms with E-state index in [4.69, 9.17) is 0 Å². The molecule has 1 aliphatic rings. The van der Waals surface area contributed by atoms with Crippen LogP contribution in [0.25, 0.3) is 11.0 Å². The second kappa shape index (κ2) is 8.43. The molecule has 1 saturated heterocycles. The van der Waals surface area contributed by atoms with Crippen LogP contribution in [0.1, 0.15) is 13.8 Å². The van der Waals surface area contributed by atoms with Gasteiger partial charge in [-0.25, -0.2) is 4.79 Å². The highest BCUT2D eigenvalue weighted by Crippen LogP contribution is 2.15. The van der Waals surface area contributed by atoms with Gasteiger partial charge in [0.1, 0.15) is 0 Å². The molecule has 10 nitrogen and oxygen atoms in total. The Bertz CT molecular complexity index is 986. The fourth-order valence-electron chi connectivity index (χ4n) is 3.35. The fraction of sp³-hybridized carbons (Fsp3) is 0.529. The molecule has 1 amide bonds. The predicted octanol–water partition coefficient (Wildman–Crippen LogP) is -0.00110. The molecule has 3 N–H and O–H groups in total. The van der Waals surface area contributed by atoms with Crippen molar-refractivity contribution in [3.05, 3.63) is 28.7 Å². The Kier molecular flexibility index (Phi) is 6.18. The van der Waals surface area contributed by atoms with Crippen LogP contribution in [0.2, 0.25) is 0 Å². The van der Waals surface area contributed by atoms with Crippen LogP contribution < -0.4 is 11.0 Å². The summed E-state index contributed by atoms with van der Waals surface area (Å²) in [7, 11) is -3.44. The minimum Gasteiger partial charge on any atom is -0.325 e. The maximum atomic E-state index is 12.6. The molecule has 0 spiro atoms. The van der Waals surface area contributed by atoms with Crippen molar-refractivity contribution in [2.45, 2.75) is 13.8 Å². The van der Waals surface area contributed by atoms with Gasteiger partial charge in [0.15, 0.2) is 0 Å². The van der Waals surface area contributed by atoms with Crippen molar-refractivity contribution >= 4 is 32.8 Å². The maximum absolute atomic E-state index is 12.6. The molecule has 2 heterocycles. The molecular weight excluding hydrogens is 384 g/mol. The largest absolute Gasteiger partial charge is 0.325 e. The number of amides is 1. The molecule has 0 atom stereocenters. The van der Waals surface area contributed by atoms with Crippen LogP contribution in [-0.4, -0.2) is 83.6 Å². The third-order valence-electron chi connectivity index (χ3n) is 4.86. The first kappa shape index (κ1) is 20.5. The standard InChI is InChI=1S/C17H26N6O4S/c1-3-22(4-2)28(26,27)23-9-7-21(8-10-23)12-16(24)18-13-5-6-14-15(11-13)20-17(25)19-14/h5-6,11H,3-4,7-10,12H2,1-2H3,(H,18,24)(H2,19,20,25). The summed E-state index contributed by atoms with van der Waals surface area (Å²) in [5.41, 5.74) is 1.60. The van der Waals surface area contributed by atoms with E-state index in [0.717, 1.165) is 0 Å². The Hall–Kier alpha value is -2.21. The number of fused-ring (bicyclic) bond motifs is 1. The Labute approximate surface area is 163 Å². The summed E-state index contributed by atoms with van der Waals surface area (Å²) in [5.74, 6) is -0.183. The summed E-state index contributed by atoms with van der Waals surface area (Å²) in [6.45, 7) is 6.43. The average molecular weight is 411 g/mol. The van der Waals surface area contributed by atoms with Crippen molar-refractivity contribution in [2.24, 2.45) is 0 Å². The van der Waals surface area contributed by atoms with Gasteiger partial charge in [0.25, 0.3) is 10.2 Å². The number of carbonyl (C=O) groups is 1. The normalized spacial score (nSPS) is 16.7. The zero-order valence-electron chi connectivity index (χ0n) is 16.1. The van der Waals surface area contributed by atoms with Gasteiger partial charge in [-0.3, -0.25) is 9.69 Å². The molecular formula is C17H26N6O4S. The zero-order valence-corrected chi connectivity index (χ0v) is 16.9. The molecule has 1 aromatic carbocycles. The van der Waals surface area contributed by atoms with Crippen molar-refractivity contribution in [1.29, 1.82) is 0 Å². The third-order valence-corrected chi connectivity index (χ3v) is 7.04. The van der Waals surface area contributed by atoms with Gasteiger partial charge in [-0.05, 0) is 18.2 Å². The number of aromatic nitrogens is 2. The number of rotatable bonds is 7. The summed E-state index contributed by atoms with van der Waals surface area (Å²) in [4.78, 5) is 30.9. The molecule has 0 unspecified atom stereocenters. The minimum absolute atomic E-state index is 0.181. The Morgan fingerprint density at radius 2 is 1.75 bits per heavy atom. The van der Waals surface area contributed by atoms with Crippen LogP contribution in [0.5, 0.6) is 0 Å². The molecule has 0 saturated carbocycles. The van der Waals surface area contributed by atoms with Gasteiger partial charge in [0.2, 0.25) is 5.91 Å². The van der Waals surface area contributed by atoms with Gasteiger partial charge in [0.05, 0.1) is 17.6 Å². The van der Waals surface area contributed by atoms with Gasteiger partial charge in [-0.1, -0.05) is 13.8 Å². The second-order valence-corrected chi connectivity index (χ2v) is 8.58. The van der Waals surface area contributed by atoms with Crippen molar-refractivity contribution < 1.29 is 13.2 Å². The number of hydrogen-bond donors (Lipinski definition) is 3. The number of nitrogens with one attached hydrogen (secondary N) is 3. The van der Waals surface area contributed by atoms with Crippen LogP contribution in [0.4, 0.5) is 5.69 Å². The van der Waals surface area contributed by atoms with Crippen LogP contribution in [0.15, 0.2) is 23.0 Å². The fourth-order valence-corrected chi connectivity index (χ4v) is 4.95. The van der Waals surface area contributed by atoms with Gasteiger partial charge < -0.3 is 15.3 Å². The predicted molar refractivity (Wildman–Crippen MR) is 107 cm³/mol. The molecule has 154 valence electrons. The highest BCUT2D eigenvalue weighted by Gasteiger charge is 2.31. The van der Waals surface area contributed by atoms with Crippen molar-refractivity contribution in [3.8, 4) is 0 Å². The maximum Gasteiger partial charge on any atom is 0.323 e. The molecule has 1 aromatic heterocycles. The first-order valence-electron chi connectivity index (χ1n) is 9.33. The summed E-state index contributed by atoms with van der Waals surface area (Å²) in [5, 5.41) is 2.81. The molecule has 1 aliphatic heterocycles. The summed E-state index contributed by atoms with van der Waals surface area (Å²) in [6, 6.07) is 5.14. The molecule has 1 fully saturated rings. The highest BCUT2D eigenvalue weighted by molar-refractivity contribution is 7.86. The molecule has 0 aliphatic carbocycles. The van der Waals surface area contributed by atoms with E-state index in [-0.39, 0.29) is 18.1 Å². The van der Waals surface area contributed by atoms with E-state index in [1.54, 1.807) is 18.2 Å². The lowest BCUT2D eigenvalue weighted by molar-refractivity contribution is -0.117. The van der Waals surface area contributed by atoms with Gasteiger partial charge in [-0.2, -0.15) is 17.0 Å². The van der Waals surface area contributed by atoms with Crippen molar-refractivity contribution in [3.63, 3.8) is 0 Å². The topological polar surface area (TPSA) is 122 Å². The molecule has 28 heavy (non-hydrogen) atoms. The van der Waals surface area contributed by atoms with Crippen LogP contribution in [-0.2, 0) is 15.0 Å². The third kappa shape index (κ3) is 4.43. The average Bonchev–Trinajstić information content (AvgIpc) is 3.02. The monoisotopic (exact) mass is 410 g/mol. The summed E-state index contributed by atoms with van der Waals surface area (Å²) < 4.78 is 28.0. The van der Waals surface area contributed by atoms with E-state index < -0.39 is 10.2 Å². The Morgan fingerprint density at radius 3 is 2.39 bits per heavy atom. The Balaban J connectivity index is 1.53. The van der Waals surface area contributed by atoms with Crippen molar-refractivity contribution in [2.75, 3.05) is 51.1 Å². The number of aromatic amines is 2. The van der Waals surface area contributed by atoms with Gasteiger partial charge in [-0.15, -0.1) is 0 Å². The lowest BCUT2D eigenvalue weighted by Crippen LogP contribution is -2.54. The zero-order chi connectivity index (χ0) is 20.3. The minimum atomic E-state index is -3.44. The first-order valence-corrected chi connectivity index (χ1v) is 10.7. The number of anilines is 1. The van der Waals surface area contributed by atoms with E-state index in [0.29, 0.717) is 56.0 Å². The van der Waals surface area contributed by atoms with E-state index in [1.807, 2.05) is 18.7 Å². The lowest BCUT2D eigenvalue weighted by atomic mass is 10.2. The number of piperazine rings is 1. The van der Waals surface area contributed by atoms with Crippen LogP contribution in [0.3, 0.4) is 0 Å². The SMILES string of the molecule is CCN(CC)S(=O)(=O)N1CCN(CC(=O)Nc2ccc3[nH]c(=O)[nH]c3c2)CC1. The van der Waals surface area contributed by atoms with E-state index >= 15 is 0 Å². The van der Waals surface area contributed by atoms with E-state index in [9.17, 15) is 18.0 Å². The summed E-state index contributed by atoms with van der Waals surface area (Å²) in [6.07, 6.45) is 0. The van der Waals surface area contributed by atoms with Gasteiger partial charge in [0, 0.05) is 45.0 Å². The van der Waals surface area contributed by atoms with Crippen LogP contribution in [0, 0.1) is 0 Å². The number of benzene rings is 1. The molecule has 11 heteroatoms. The number of H-pyrrole nitrogens is 2. The summed E-state index contributed by atoms with van der Waals surface area (Å²) >= 11 is 0. The number of nitrogens with zero attached hydrogens (tertiary/aromatic N) is 3. The number of carbonyl (C=O) groups excluding carboxylic acids is 1. The lowest BCUT2D eigenvalue weighted by Gasteiger charge is -2.35. The molecule has 3 rings (SSSR count). The second-order valence-electron chi connectivity index (χ2n) is 6.65. The first-order chi connectivity index (χ1) is 13.3. The van der Waals surface area contributed by atoms with E-state index in [2.05, 4.69) is 15.3 Å². The molecule has 0 bridgehead atoms. The Morgan fingerprint density at radius 1 is 1.11 bits per heavy atom. The molecule has 2 aromatic rings. The quantitative estimate of drug-likeness (QED) is 0.593. The highest BCUT2D eigenvalue weighted by atomic mass is 32.2. The number of hydrogen-bond acceptors (Lipinski definition) is 5. The van der Waals surface area contributed by atoms with Crippen molar-refractivity contribution in [1.82, 2.24) is 23.5 Å². The van der Waals surface area contributed by atoms with E-state index in [1.165, 1.54) is 8.61 Å². The van der Waals surface area contributed by atoms with Gasteiger partial charge >= 0.3 is 5.69 Å². The smallest absolute Gasteiger partial charge is 0.323 e. The van der Waals surface area contributed by atoms with Crippen LogP contribution >= 0.6 is 0 Å². The molecule has 0 radical (unpaired) electrons. The number of imidazole rings is 1.